The van der Waals surface area contributed by atoms with E-state index in [0.29, 0.717) is 52.2 Å². The number of piperidine rings is 1. The van der Waals surface area contributed by atoms with Crippen molar-refractivity contribution in [1.82, 2.24) is 20.2 Å². The molecule has 9 nitrogen and oxygen atoms in total. The number of benzene rings is 2. The molecule has 0 bridgehead atoms. The first kappa shape index (κ1) is 25.9. The van der Waals surface area contributed by atoms with Gasteiger partial charge in [0.2, 0.25) is 17.5 Å². The zero-order chi connectivity index (χ0) is 26.8. The van der Waals surface area contributed by atoms with Crippen LogP contribution >= 0.6 is 11.6 Å². The summed E-state index contributed by atoms with van der Waals surface area (Å²) >= 11 is 6.07. The molecule has 0 spiro atoms. The molecule has 2 saturated heterocycles. The molecule has 3 heterocycles. The van der Waals surface area contributed by atoms with Crippen molar-refractivity contribution in [3.63, 3.8) is 0 Å². The van der Waals surface area contributed by atoms with Gasteiger partial charge in [0.25, 0.3) is 0 Å². The fraction of sp³-hybridized carbons (Fsp3) is 0.407. The lowest BCUT2D eigenvalue weighted by Gasteiger charge is -2.37. The molecular formula is C27H29ClFN7O2. The second-order valence-electron chi connectivity index (χ2n) is 9.59. The van der Waals surface area contributed by atoms with Crippen LogP contribution in [0, 0.1) is 12.4 Å². The van der Waals surface area contributed by atoms with Gasteiger partial charge in [-0.3, -0.25) is 4.79 Å². The smallest absolute Gasteiger partial charge is 0.239 e. The van der Waals surface area contributed by atoms with Crippen molar-refractivity contribution in [3.05, 3.63) is 52.6 Å². The van der Waals surface area contributed by atoms with Gasteiger partial charge in [-0.1, -0.05) is 11.6 Å². The number of aromatic nitrogens is 2. The van der Waals surface area contributed by atoms with Crippen molar-refractivity contribution in [3.8, 4) is 5.75 Å². The van der Waals surface area contributed by atoms with Crippen LogP contribution in [0.4, 0.5) is 27.5 Å². The minimum absolute atomic E-state index is 0.0841. The molecule has 3 aromatic rings. The predicted octanol–water partition coefficient (Wildman–Crippen LogP) is 4.90. The van der Waals surface area contributed by atoms with Gasteiger partial charge >= 0.3 is 0 Å². The second kappa shape index (κ2) is 11.0. The summed E-state index contributed by atoms with van der Waals surface area (Å²) in [7, 11) is 3.30. The standard InChI is InChI=1S/C27H29ClFN7O2/c1-30-23-13-16(28)6-7-20(23)32-25-18-14-19(29)24(38-3)15-22(18)33-27(34-25)36-11-8-17(9-12-36)35(2)26(37)21-5-4-10-31-21/h6-7,13-15,17,21,31H,4-5,8-12H2,2-3H3,(H,32,33,34). The molecule has 11 heteroatoms. The highest BCUT2D eigenvalue weighted by atomic mass is 35.5. The number of likely N-dealkylation sites (N-methyl/N-ethyl adjacent to an activating group) is 1. The maximum Gasteiger partial charge on any atom is 0.239 e. The topological polar surface area (TPSA) is 87.0 Å². The third kappa shape index (κ3) is 5.17. The maximum absolute atomic E-state index is 14.7. The summed E-state index contributed by atoms with van der Waals surface area (Å²) < 4.78 is 19.9. The van der Waals surface area contributed by atoms with Gasteiger partial charge in [-0.05, 0) is 56.5 Å². The zero-order valence-corrected chi connectivity index (χ0v) is 22.1. The van der Waals surface area contributed by atoms with E-state index in [4.69, 9.17) is 32.9 Å². The predicted molar refractivity (Wildman–Crippen MR) is 146 cm³/mol. The number of methoxy groups -OCH3 is 1. The Balaban J connectivity index is 1.43. The molecule has 38 heavy (non-hydrogen) atoms. The van der Waals surface area contributed by atoms with Crippen LogP contribution in [0.25, 0.3) is 15.7 Å². The molecule has 2 fully saturated rings. The van der Waals surface area contributed by atoms with Crippen molar-refractivity contribution in [1.29, 1.82) is 0 Å². The van der Waals surface area contributed by atoms with Gasteiger partial charge in [0.15, 0.2) is 11.6 Å². The van der Waals surface area contributed by atoms with Gasteiger partial charge in [0, 0.05) is 48.3 Å². The van der Waals surface area contributed by atoms with E-state index >= 15 is 0 Å². The third-order valence-corrected chi connectivity index (χ3v) is 7.53. The number of carbonyl (C=O) groups is 1. The van der Waals surface area contributed by atoms with Gasteiger partial charge < -0.3 is 25.2 Å². The first-order chi connectivity index (χ1) is 18.4. The van der Waals surface area contributed by atoms with Crippen molar-refractivity contribution in [2.75, 3.05) is 44.0 Å². The minimum atomic E-state index is -0.536. The van der Waals surface area contributed by atoms with E-state index in [1.807, 2.05) is 11.9 Å². The number of nitrogens with zero attached hydrogens (tertiary/aromatic N) is 5. The normalized spacial score (nSPS) is 17.9. The highest BCUT2D eigenvalue weighted by molar-refractivity contribution is 6.31. The van der Waals surface area contributed by atoms with E-state index in [-0.39, 0.29) is 23.7 Å². The largest absolute Gasteiger partial charge is 0.494 e. The lowest BCUT2D eigenvalue weighted by atomic mass is 10.0. The zero-order valence-electron chi connectivity index (χ0n) is 21.3. The number of ether oxygens (including phenoxy) is 1. The van der Waals surface area contributed by atoms with Gasteiger partial charge in [0.1, 0.15) is 5.82 Å². The molecule has 5 rings (SSSR count). The van der Waals surface area contributed by atoms with E-state index in [1.165, 1.54) is 13.2 Å². The quantitative estimate of drug-likeness (QED) is 0.432. The summed E-state index contributed by atoms with van der Waals surface area (Å²) in [6.07, 6.45) is 3.48. The molecule has 1 unspecified atom stereocenters. The van der Waals surface area contributed by atoms with Crippen LogP contribution in [-0.4, -0.2) is 66.7 Å². The Kier molecular flexibility index (Phi) is 7.49. The van der Waals surface area contributed by atoms with Crippen molar-refractivity contribution in [2.24, 2.45) is 0 Å². The Morgan fingerprint density at radius 1 is 1.26 bits per heavy atom. The van der Waals surface area contributed by atoms with E-state index in [0.717, 1.165) is 32.2 Å². The second-order valence-corrected chi connectivity index (χ2v) is 10.0. The molecule has 2 aromatic carbocycles. The molecule has 2 aliphatic heterocycles. The molecule has 0 aliphatic carbocycles. The summed E-state index contributed by atoms with van der Waals surface area (Å²) in [5.74, 6) is 0.562. The molecule has 2 N–H and O–H groups in total. The molecule has 1 aromatic heterocycles. The molecule has 1 amide bonds. The molecule has 2 aliphatic rings. The molecular weight excluding hydrogens is 509 g/mol. The molecule has 198 valence electrons. The number of fused-ring (bicyclic) bond motifs is 1. The number of halogens is 2. The average Bonchev–Trinajstić information content (AvgIpc) is 3.48. The number of amides is 1. The fourth-order valence-electron chi connectivity index (χ4n) is 5.12. The fourth-order valence-corrected chi connectivity index (χ4v) is 5.28. The Morgan fingerprint density at radius 3 is 2.74 bits per heavy atom. The SMILES string of the molecule is [C-]#[N+]c1cc(Cl)ccc1Nc1nc(N2CCC(N(C)C(=O)C3CCCN3)CC2)nc2cc(OC)c(F)cc12. The number of hydrogen-bond acceptors (Lipinski definition) is 7. The number of nitrogens with one attached hydrogen (secondary N) is 2. The number of hydrogen-bond donors (Lipinski definition) is 2. The monoisotopic (exact) mass is 537 g/mol. The van der Waals surface area contributed by atoms with Crippen LogP contribution < -0.4 is 20.3 Å². The van der Waals surface area contributed by atoms with E-state index in [2.05, 4.69) is 20.4 Å². The Hall–Kier alpha value is -3.68. The number of carbonyl (C=O) groups excluding carboxylic acids is 1. The molecule has 0 radical (unpaired) electrons. The Labute approximate surface area is 225 Å². The first-order valence-electron chi connectivity index (χ1n) is 12.6. The van der Waals surface area contributed by atoms with Crippen LogP contribution in [0.5, 0.6) is 5.75 Å². The molecule has 1 atom stereocenters. The summed E-state index contributed by atoms with van der Waals surface area (Å²) in [4.78, 5) is 29.9. The highest BCUT2D eigenvalue weighted by Gasteiger charge is 2.31. The Morgan fingerprint density at radius 2 is 2.05 bits per heavy atom. The highest BCUT2D eigenvalue weighted by Crippen LogP contribution is 2.35. The van der Waals surface area contributed by atoms with Crippen molar-refractivity contribution >= 4 is 51.6 Å². The minimum Gasteiger partial charge on any atom is -0.494 e. The lowest BCUT2D eigenvalue weighted by molar-refractivity contribution is -0.134. The summed E-state index contributed by atoms with van der Waals surface area (Å²) in [6, 6.07) is 7.87. The number of rotatable bonds is 6. The summed E-state index contributed by atoms with van der Waals surface area (Å²) in [5, 5.41) is 7.39. The van der Waals surface area contributed by atoms with Gasteiger partial charge in [0.05, 0.1) is 25.2 Å². The average molecular weight is 538 g/mol. The Bertz CT molecular complexity index is 1400. The van der Waals surface area contributed by atoms with Crippen LogP contribution in [0.3, 0.4) is 0 Å². The van der Waals surface area contributed by atoms with E-state index < -0.39 is 5.82 Å². The van der Waals surface area contributed by atoms with Gasteiger partial charge in [-0.15, -0.1) is 0 Å². The van der Waals surface area contributed by atoms with Crippen molar-refractivity contribution < 1.29 is 13.9 Å². The van der Waals surface area contributed by atoms with E-state index in [9.17, 15) is 9.18 Å². The van der Waals surface area contributed by atoms with Gasteiger partial charge in [-0.2, -0.15) is 4.98 Å². The molecule has 0 saturated carbocycles. The van der Waals surface area contributed by atoms with Crippen LogP contribution in [0.1, 0.15) is 25.7 Å². The number of anilines is 3. The van der Waals surface area contributed by atoms with E-state index in [1.54, 1.807) is 24.3 Å². The van der Waals surface area contributed by atoms with Crippen molar-refractivity contribution in [2.45, 2.75) is 37.8 Å². The lowest BCUT2D eigenvalue weighted by Crippen LogP contribution is -2.50. The van der Waals surface area contributed by atoms with Crippen LogP contribution in [0.2, 0.25) is 5.02 Å². The summed E-state index contributed by atoms with van der Waals surface area (Å²) in [5.41, 5.74) is 1.34. The third-order valence-electron chi connectivity index (χ3n) is 7.29. The summed E-state index contributed by atoms with van der Waals surface area (Å²) in [6.45, 7) is 9.73. The van der Waals surface area contributed by atoms with Gasteiger partial charge in [-0.25, -0.2) is 14.2 Å². The van der Waals surface area contributed by atoms with Crippen LogP contribution in [-0.2, 0) is 4.79 Å². The maximum atomic E-state index is 14.7. The first-order valence-corrected chi connectivity index (χ1v) is 13.0. The van der Waals surface area contributed by atoms with Crippen LogP contribution in [0.15, 0.2) is 30.3 Å².